The van der Waals surface area contributed by atoms with Gasteiger partial charge in [0.05, 0.1) is 5.92 Å². The van der Waals surface area contributed by atoms with Gasteiger partial charge in [0.2, 0.25) is 5.91 Å². The van der Waals surface area contributed by atoms with Crippen LogP contribution in [0.4, 0.5) is 0 Å². The average Bonchev–Trinajstić information content (AvgIpc) is 3.08. The van der Waals surface area contributed by atoms with Gasteiger partial charge in [0.15, 0.2) is 0 Å². The Bertz CT molecular complexity index is 494. The summed E-state index contributed by atoms with van der Waals surface area (Å²) in [6, 6.07) is 8.96. The quantitative estimate of drug-likeness (QED) is 0.896. The Morgan fingerprint density at radius 2 is 2.15 bits per heavy atom. The lowest BCUT2D eigenvalue weighted by Gasteiger charge is -2.24. The van der Waals surface area contributed by atoms with Gasteiger partial charge in [-0.1, -0.05) is 24.3 Å². The van der Waals surface area contributed by atoms with E-state index in [4.69, 9.17) is 0 Å². The van der Waals surface area contributed by atoms with E-state index in [0.29, 0.717) is 17.9 Å². The molecule has 3 nitrogen and oxygen atoms in total. The Morgan fingerprint density at radius 3 is 2.85 bits per heavy atom. The van der Waals surface area contributed by atoms with Crippen LogP contribution in [0.1, 0.15) is 36.8 Å². The number of rotatable bonds is 2. The lowest BCUT2D eigenvalue weighted by Crippen LogP contribution is -2.39. The number of nitrogens with one attached hydrogen (secondary N) is 1. The SMILES string of the molecule is Cc1ccccc1[C@@H]1C[C@H](C)N(C(=O)[C@@H]2CCNC2)C1. The standard InChI is InChI=1S/C17H24N2O/c1-12-5-3-4-6-16(12)15-9-13(2)19(11-15)17(20)14-7-8-18-10-14/h3-6,13-15,18H,7-11H2,1-2H3/t13-,14+,15+/m0/s1. The van der Waals surface area contributed by atoms with Crippen LogP contribution >= 0.6 is 0 Å². The van der Waals surface area contributed by atoms with Crippen LogP contribution in [0.3, 0.4) is 0 Å². The minimum Gasteiger partial charge on any atom is -0.339 e. The molecule has 0 aromatic heterocycles. The highest BCUT2D eigenvalue weighted by atomic mass is 16.2. The highest BCUT2D eigenvalue weighted by Crippen LogP contribution is 2.34. The molecular formula is C17H24N2O. The normalized spacial score (nSPS) is 29.9. The number of benzene rings is 1. The van der Waals surface area contributed by atoms with Crippen molar-refractivity contribution in [3.8, 4) is 0 Å². The molecule has 0 saturated carbocycles. The fourth-order valence-electron chi connectivity index (χ4n) is 3.71. The summed E-state index contributed by atoms with van der Waals surface area (Å²) in [7, 11) is 0. The van der Waals surface area contributed by atoms with Gasteiger partial charge in [0, 0.05) is 25.0 Å². The van der Waals surface area contributed by atoms with Crippen LogP contribution in [0.25, 0.3) is 0 Å². The van der Waals surface area contributed by atoms with Crippen molar-refractivity contribution in [1.29, 1.82) is 0 Å². The van der Waals surface area contributed by atoms with E-state index in [1.807, 2.05) is 0 Å². The van der Waals surface area contributed by atoms with Gasteiger partial charge in [-0.15, -0.1) is 0 Å². The molecule has 1 aromatic rings. The van der Waals surface area contributed by atoms with Crippen LogP contribution in [0, 0.1) is 12.8 Å². The highest BCUT2D eigenvalue weighted by molar-refractivity contribution is 5.80. The van der Waals surface area contributed by atoms with Crippen LogP contribution in [0.5, 0.6) is 0 Å². The molecule has 0 bridgehead atoms. The van der Waals surface area contributed by atoms with Crippen molar-refractivity contribution in [3.63, 3.8) is 0 Å². The second-order valence-electron chi connectivity index (χ2n) is 6.32. The molecule has 2 aliphatic heterocycles. The monoisotopic (exact) mass is 272 g/mol. The minimum atomic E-state index is 0.202. The molecule has 0 unspecified atom stereocenters. The second-order valence-corrected chi connectivity index (χ2v) is 6.32. The second kappa shape index (κ2) is 5.57. The summed E-state index contributed by atoms with van der Waals surface area (Å²) in [6.45, 7) is 7.10. The molecule has 1 aromatic carbocycles. The first kappa shape index (κ1) is 13.6. The van der Waals surface area contributed by atoms with Gasteiger partial charge in [-0.2, -0.15) is 0 Å². The summed E-state index contributed by atoms with van der Waals surface area (Å²) in [5.41, 5.74) is 2.76. The Hall–Kier alpha value is -1.35. The lowest BCUT2D eigenvalue weighted by molar-refractivity contribution is -0.135. The molecular weight excluding hydrogens is 248 g/mol. The van der Waals surface area contributed by atoms with Gasteiger partial charge in [-0.3, -0.25) is 4.79 Å². The topological polar surface area (TPSA) is 32.3 Å². The molecule has 3 rings (SSSR count). The zero-order valence-corrected chi connectivity index (χ0v) is 12.4. The molecule has 2 fully saturated rings. The predicted molar refractivity (Wildman–Crippen MR) is 80.7 cm³/mol. The van der Waals surface area contributed by atoms with E-state index in [2.05, 4.69) is 48.3 Å². The van der Waals surface area contributed by atoms with Gasteiger partial charge in [-0.25, -0.2) is 0 Å². The molecule has 108 valence electrons. The summed E-state index contributed by atoms with van der Waals surface area (Å²) >= 11 is 0. The van der Waals surface area contributed by atoms with Gasteiger partial charge >= 0.3 is 0 Å². The molecule has 0 spiro atoms. The number of nitrogens with zero attached hydrogens (tertiary/aromatic N) is 1. The molecule has 2 heterocycles. The number of hydrogen-bond donors (Lipinski definition) is 1. The molecule has 0 radical (unpaired) electrons. The van der Waals surface area contributed by atoms with Crippen LogP contribution < -0.4 is 5.32 Å². The summed E-state index contributed by atoms with van der Waals surface area (Å²) in [5, 5.41) is 3.30. The number of likely N-dealkylation sites (tertiary alicyclic amines) is 1. The summed E-state index contributed by atoms with van der Waals surface area (Å²) in [6.07, 6.45) is 2.09. The summed E-state index contributed by atoms with van der Waals surface area (Å²) in [5.74, 6) is 1.07. The van der Waals surface area contributed by atoms with Crippen LogP contribution in [0.15, 0.2) is 24.3 Å². The first-order chi connectivity index (χ1) is 9.66. The van der Waals surface area contributed by atoms with Crippen molar-refractivity contribution in [2.45, 2.75) is 38.6 Å². The van der Waals surface area contributed by atoms with Gasteiger partial charge < -0.3 is 10.2 Å². The molecule has 20 heavy (non-hydrogen) atoms. The van der Waals surface area contributed by atoms with Crippen LogP contribution in [-0.2, 0) is 4.79 Å². The number of carbonyl (C=O) groups excluding carboxylic acids is 1. The van der Waals surface area contributed by atoms with Crippen molar-refractivity contribution in [2.24, 2.45) is 5.92 Å². The summed E-state index contributed by atoms with van der Waals surface area (Å²) in [4.78, 5) is 14.7. The third-order valence-electron chi connectivity index (χ3n) is 4.90. The molecule has 1 amide bonds. The fourth-order valence-corrected chi connectivity index (χ4v) is 3.71. The van der Waals surface area contributed by atoms with Crippen molar-refractivity contribution >= 4 is 5.91 Å². The fraction of sp³-hybridized carbons (Fsp3) is 0.588. The van der Waals surface area contributed by atoms with E-state index in [-0.39, 0.29) is 5.92 Å². The molecule has 2 saturated heterocycles. The largest absolute Gasteiger partial charge is 0.339 e. The number of hydrogen-bond acceptors (Lipinski definition) is 2. The predicted octanol–water partition coefficient (Wildman–Crippen LogP) is 2.31. The molecule has 3 heteroatoms. The first-order valence-corrected chi connectivity index (χ1v) is 7.73. The number of amides is 1. The van der Waals surface area contributed by atoms with E-state index in [1.54, 1.807) is 0 Å². The van der Waals surface area contributed by atoms with Crippen LogP contribution in [0.2, 0.25) is 0 Å². The highest BCUT2D eigenvalue weighted by Gasteiger charge is 2.37. The maximum absolute atomic E-state index is 12.6. The molecule has 2 aliphatic rings. The van der Waals surface area contributed by atoms with Gasteiger partial charge in [0.25, 0.3) is 0 Å². The molecule has 1 N–H and O–H groups in total. The van der Waals surface area contributed by atoms with E-state index in [9.17, 15) is 4.79 Å². The first-order valence-electron chi connectivity index (χ1n) is 7.73. The van der Waals surface area contributed by atoms with Crippen molar-refractivity contribution in [3.05, 3.63) is 35.4 Å². The maximum atomic E-state index is 12.6. The van der Waals surface area contributed by atoms with Gasteiger partial charge in [0.1, 0.15) is 0 Å². The van der Waals surface area contributed by atoms with Crippen LogP contribution in [-0.4, -0.2) is 36.5 Å². The zero-order valence-electron chi connectivity index (χ0n) is 12.4. The Morgan fingerprint density at radius 1 is 1.35 bits per heavy atom. The Kier molecular flexibility index (Phi) is 3.79. The average molecular weight is 272 g/mol. The van der Waals surface area contributed by atoms with E-state index in [0.717, 1.165) is 32.5 Å². The zero-order chi connectivity index (χ0) is 14.1. The third kappa shape index (κ3) is 2.47. The Balaban J connectivity index is 1.73. The number of aryl methyl sites for hydroxylation is 1. The Labute approximate surface area is 121 Å². The van der Waals surface area contributed by atoms with Crippen molar-refractivity contribution in [1.82, 2.24) is 10.2 Å². The molecule has 3 atom stereocenters. The van der Waals surface area contributed by atoms with Crippen molar-refractivity contribution in [2.75, 3.05) is 19.6 Å². The van der Waals surface area contributed by atoms with E-state index in [1.165, 1.54) is 11.1 Å². The van der Waals surface area contributed by atoms with Gasteiger partial charge in [-0.05, 0) is 44.4 Å². The minimum absolute atomic E-state index is 0.202. The third-order valence-corrected chi connectivity index (χ3v) is 4.90. The lowest BCUT2D eigenvalue weighted by atomic mass is 9.93. The van der Waals surface area contributed by atoms with Crippen molar-refractivity contribution < 1.29 is 4.79 Å². The van der Waals surface area contributed by atoms with E-state index < -0.39 is 0 Å². The smallest absolute Gasteiger partial charge is 0.227 e. The maximum Gasteiger partial charge on any atom is 0.227 e. The van der Waals surface area contributed by atoms with E-state index >= 15 is 0 Å². The summed E-state index contributed by atoms with van der Waals surface area (Å²) < 4.78 is 0. The number of carbonyl (C=O) groups is 1. The molecule has 0 aliphatic carbocycles.